The molecule has 0 atom stereocenters. The van der Waals surface area contributed by atoms with Crippen LogP contribution in [0, 0.1) is 20.8 Å². The Hall–Kier alpha value is -2.61. The van der Waals surface area contributed by atoms with Crippen molar-refractivity contribution in [1.82, 2.24) is 24.4 Å². The monoisotopic (exact) mass is 423 g/mol. The standard InChI is InChI=1S/C22H25N5O2S/c1-12-10-24-17(11-23-12)21(28)26-8-6-16(7-9-26)27-19(15-4-5-15)25-20-18(22(27)29)13(2)14(3)30-20/h10-11,15-16H,4-9H2,1-3H3. The molecule has 4 heterocycles. The highest BCUT2D eigenvalue weighted by atomic mass is 32.1. The van der Waals surface area contributed by atoms with E-state index in [2.05, 4.69) is 16.9 Å². The molecule has 1 saturated carbocycles. The van der Waals surface area contributed by atoms with Crippen LogP contribution >= 0.6 is 11.3 Å². The van der Waals surface area contributed by atoms with E-state index in [1.165, 1.54) is 0 Å². The quantitative estimate of drug-likeness (QED) is 0.644. The minimum atomic E-state index is -0.0893. The second-order valence-corrected chi connectivity index (χ2v) is 9.65. The van der Waals surface area contributed by atoms with Crippen molar-refractivity contribution in [2.45, 2.75) is 58.4 Å². The summed E-state index contributed by atoms with van der Waals surface area (Å²) in [6.07, 6.45) is 6.86. The molecule has 1 aliphatic heterocycles. The van der Waals surface area contributed by atoms with E-state index in [0.717, 1.165) is 57.9 Å². The molecule has 0 bridgehead atoms. The van der Waals surface area contributed by atoms with Crippen molar-refractivity contribution in [2.24, 2.45) is 0 Å². The SMILES string of the molecule is Cc1cnc(C(=O)N2CCC(n3c(C4CC4)nc4sc(C)c(C)c4c3=O)CC2)cn1. The van der Waals surface area contributed by atoms with Gasteiger partial charge in [0.1, 0.15) is 16.3 Å². The van der Waals surface area contributed by atoms with Gasteiger partial charge in [0.25, 0.3) is 11.5 Å². The van der Waals surface area contributed by atoms with Gasteiger partial charge in [-0.1, -0.05) is 0 Å². The number of aryl methyl sites for hydroxylation is 3. The maximum Gasteiger partial charge on any atom is 0.274 e. The summed E-state index contributed by atoms with van der Waals surface area (Å²) in [6.45, 7) is 7.14. The first-order chi connectivity index (χ1) is 14.4. The molecule has 1 saturated heterocycles. The molecule has 8 heteroatoms. The zero-order chi connectivity index (χ0) is 21.0. The van der Waals surface area contributed by atoms with Gasteiger partial charge < -0.3 is 4.90 Å². The lowest BCUT2D eigenvalue weighted by Gasteiger charge is -2.33. The molecular weight excluding hydrogens is 398 g/mol. The van der Waals surface area contributed by atoms with Crippen molar-refractivity contribution in [3.63, 3.8) is 0 Å². The lowest BCUT2D eigenvalue weighted by molar-refractivity contribution is 0.0685. The van der Waals surface area contributed by atoms with Crippen LogP contribution in [-0.2, 0) is 0 Å². The van der Waals surface area contributed by atoms with Gasteiger partial charge in [-0.15, -0.1) is 11.3 Å². The molecule has 3 aromatic heterocycles. The first-order valence-corrected chi connectivity index (χ1v) is 11.4. The summed E-state index contributed by atoms with van der Waals surface area (Å²) in [7, 11) is 0. The van der Waals surface area contributed by atoms with E-state index in [4.69, 9.17) is 4.98 Å². The summed E-state index contributed by atoms with van der Waals surface area (Å²) < 4.78 is 1.96. The van der Waals surface area contributed by atoms with Gasteiger partial charge in [-0.2, -0.15) is 0 Å². The number of fused-ring (bicyclic) bond motifs is 1. The number of nitrogens with zero attached hydrogens (tertiary/aromatic N) is 5. The summed E-state index contributed by atoms with van der Waals surface area (Å²) in [5.41, 5.74) is 2.31. The number of rotatable bonds is 3. The normalized spacial score (nSPS) is 17.6. The van der Waals surface area contributed by atoms with Crippen LogP contribution in [0.1, 0.15) is 70.1 Å². The van der Waals surface area contributed by atoms with Crippen LogP contribution in [0.5, 0.6) is 0 Å². The molecule has 0 spiro atoms. The highest BCUT2D eigenvalue weighted by Gasteiger charge is 2.34. The van der Waals surface area contributed by atoms with Gasteiger partial charge in [0, 0.05) is 36.1 Å². The maximum absolute atomic E-state index is 13.5. The second kappa shape index (κ2) is 7.27. The summed E-state index contributed by atoms with van der Waals surface area (Å²) >= 11 is 1.62. The lowest BCUT2D eigenvalue weighted by atomic mass is 10.0. The fraction of sp³-hybridized carbons (Fsp3) is 0.500. The Morgan fingerprint density at radius 1 is 1.07 bits per heavy atom. The van der Waals surface area contributed by atoms with E-state index in [-0.39, 0.29) is 17.5 Å². The Bertz CT molecular complexity index is 1180. The Labute approximate surface area is 178 Å². The number of hydrogen-bond donors (Lipinski definition) is 0. The third-order valence-corrected chi connectivity index (χ3v) is 7.42. The average Bonchev–Trinajstić information content (AvgIpc) is 3.54. The fourth-order valence-electron chi connectivity index (χ4n) is 4.30. The first kappa shape index (κ1) is 19.4. The molecule has 1 amide bonds. The van der Waals surface area contributed by atoms with Gasteiger partial charge in [-0.05, 0) is 52.0 Å². The summed E-state index contributed by atoms with van der Waals surface area (Å²) in [5.74, 6) is 1.25. The first-order valence-electron chi connectivity index (χ1n) is 10.5. The third-order valence-electron chi connectivity index (χ3n) is 6.32. The number of thiophene rings is 1. The topological polar surface area (TPSA) is 81.0 Å². The minimum Gasteiger partial charge on any atom is -0.337 e. The van der Waals surface area contributed by atoms with E-state index in [1.54, 1.807) is 23.7 Å². The predicted octanol–water partition coefficient (Wildman–Crippen LogP) is 3.53. The van der Waals surface area contributed by atoms with Gasteiger partial charge in [0.15, 0.2) is 0 Å². The molecule has 1 aliphatic carbocycles. The van der Waals surface area contributed by atoms with Gasteiger partial charge in [0.05, 0.1) is 17.3 Å². The van der Waals surface area contributed by atoms with Crippen LogP contribution in [0.2, 0.25) is 0 Å². The number of aromatic nitrogens is 4. The minimum absolute atomic E-state index is 0.0813. The van der Waals surface area contributed by atoms with Crippen molar-refractivity contribution in [3.05, 3.63) is 50.4 Å². The van der Waals surface area contributed by atoms with E-state index >= 15 is 0 Å². The molecule has 5 rings (SSSR count). The lowest BCUT2D eigenvalue weighted by Crippen LogP contribution is -2.42. The number of carbonyl (C=O) groups excluding carboxylic acids is 1. The van der Waals surface area contributed by atoms with Gasteiger partial charge >= 0.3 is 0 Å². The van der Waals surface area contributed by atoms with Gasteiger partial charge in [-0.3, -0.25) is 19.1 Å². The zero-order valence-electron chi connectivity index (χ0n) is 17.5. The van der Waals surface area contributed by atoms with Gasteiger partial charge in [-0.25, -0.2) is 9.97 Å². The summed E-state index contributed by atoms with van der Waals surface area (Å²) in [4.78, 5) is 43.5. The number of likely N-dealkylation sites (tertiary alicyclic amines) is 1. The van der Waals surface area contributed by atoms with Crippen LogP contribution in [0.4, 0.5) is 0 Å². The fourth-order valence-corrected chi connectivity index (χ4v) is 5.32. The highest BCUT2D eigenvalue weighted by Crippen LogP contribution is 2.41. The van der Waals surface area contributed by atoms with Crippen LogP contribution < -0.4 is 5.56 Å². The molecule has 30 heavy (non-hydrogen) atoms. The molecule has 156 valence electrons. The van der Waals surface area contributed by atoms with E-state index < -0.39 is 0 Å². The molecule has 0 aromatic carbocycles. The molecule has 3 aromatic rings. The van der Waals surface area contributed by atoms with Crippen LogP contribution in [0.25, 0.3) is 10.2 Å². The van der Waals surface area contributed by atoms with E-state index in [0.29, 0.717) is 24.7 Å². The molecule has 7 nitrogen and oxygen atoms in total. The molecule has 2 aliphatic rings. The summed E-state index contributed by atoms with van der Waals surface area (Å²) in [5, 5.41) is 0.773. The number of hydrogen-bond acceptors (Lipinski definition) is 6. The van der Waals surface area contributed by atoms with E-state index in [9.17, 15) is 9.59 Å². The Kier molecular flexibility index (Phi) is 4.69. The second-order valence-electron chi connectivity index (χ2n) is 8.45. The zero-order valence-corrected chi connectivity index (χ0v) is 18.3. The highest BCUT2D eigenvalue weighted by molar-refractivity contribution is 7.18. The Morgan fingerprint density at radius 3 is 2.43 bits per heavy atom. The van der Waals surface area contributed by atoms with Crippen molar-refractivity contribution in [1.29, 1.82) is 0 Å². The van der Waals surface area contributed by atoms with Crippen LogP contribution in [0.15, 0.2) is 17.2 Å². The third kappa shape index (κ3) is 3.23. The van der Waals surface area contributed by atoms with E-state index in [1.807, 2.05) is 23.3 Å². The summed E-state index contributed by atoms with van der Waals surface area (Å²) in [6, 6.07) is 0.0813. The maximum atomic E-state index is 13.5. The van der Waals surface area contributed by atoms with Crippen molar-refractivity contribution in [2.75, 3.05) is 13.1 Å². The van der Waals surface area contributed by atoms with Crippen molar-refractivity contribution in [3.8, 4) is 0 Å². The molecule has 0 N–H and O–H groups in total. The van der Waals surface area contributed by atoms with Crippen molar-refractivity contribution < 1.29 is 4.79 Å². The largest absolute Gasteiger partial charge is 0.337 e. The number of carbonyl (C=O) groups is 1. The van der Waals surface area contributed by atoms with Crippen LogP contribution in [0.3, 0.4) is 0 Å². The molecular formula is C22H25N5O2S. The molecule has 2 fully saturated rings. The molecule has 0 radical (unpaired) electrons. The Balaban J connectivity index is 1.43. The predicted molar refractivity (Wildman–Crippen MR) is 116 cm³/mol. The smallest absolute Gasteiger partial charge is 0.274 e. The van der Waals surface area contributed by atoms with Gasteiger partial charge in [0.2, 0.25) is 0 Å². The Morgan fingerprint density at radius 2 is 1.80 bits per heavy atom. The average molecular weight is 424 g/mol. The molecule has 0 unspecified atom stereocenters. The number of piperidine rings is 1. The number of amides is 1. The van der Waals surface area contributed by atoms with Crippen LogP contribution in [-0.4, -0.2) is 43.4 Å². The van der Waals surface area contributed by atoms with Crippen molar-refractivity contribution >= 4 is 27.5 Å².